The van der Waals surface area contributed by atoms with Crippen molar-refractivity contribution in [2.24, 2.45) is 0 Å². The summed E-state index contributed by atoms with van der Waals surface area (Å²) < 4.78 is 18.1. The molecule has 0 aliphatic rings. The van der Waals surface area contributed by atoms with Crippen molar-refractivity contribution < 1.29 is 9.13 Å². The van der Waals surface area contributed by atoms with Gasteiger partial charge in [-0.3, -0.25) is 0 Å². The maximum Gasteiger partial charge on any atom is 0.213 e. The van der Waals surface area contributed by atoms with E-state index in [9.17, 15) is 4.39 Å². The Morgan fingerprint density at radius 2 is 2.11 bits per heavy atom. The Labute approximate surface area is 106 Å². The number of anilines is 1. The van der Waals surface area contributed by atoms with E-state index in [1.807, 2.05) is 19.1 Å². The molecule has 0 amide bonds. The summed E-state index contributed by atoms with van der Waals surface area (Å²) in [4.78, 5) is 4.10. The van der Waals surface area contributed by atoms with Crippen molar-refractivity contribution in [3.8, 4) is 5.88 Å². The van der Waals surface area contributed by atoms with Gasteiger partial charge in [0.1, 0.15) is 5.82 Å². The summed E-state index contributed by atoms with van der Waals surface area (Å²) in [5.74, 6) is 0.341. The zero-order chi connectivity index (χ0) is 13.0. The van der Waals surface area contributed by atoms with Crippen LogP contribution in [0.1, 0.15) is 18.5 Å². The standard InChI is InChI=1S/C14H15FN2O/c1-10(11-4-3-5-12(15)8-11)17-13-6-7-14(18-2)16-9-13/h3-10,17H,1-2H3. The number of nitrogens with one attached hydrogen (secondary N) is 1. The van der Waals surface area contributed by atoms with E-state index in [2.05, 4.69) is 10.3 Å². The highest BCUT2D eigenvalue weighted by atomic mass is 19.1. The van der Waals surface area contributed by atoms with Crippen molar-refractivity contribution in [3.63, 3.8) is 0 Å². The van der Waals surface area contributed by atoms with Crippen LogP contribution < -0.4 is 10.1 Å². The summed E-state index contributed by atoms with van der Waals surface area (Å²) in [7, 11) is 1.57. The molecule has 1 heterocycles. The van der Waals surface area contributed by atoms with Crippen LogP contribution in [0.25, 0.3) is 0 Å². The molecule has 4 heteroatoms. The van der Waals surface area contributed by atoms with Crippen molar-refractivity contribution in [2.45, 2.75) is 13.0 Å². The van der Waals surface area contributed by atoms with E-state index in [1.54, 1.807) is 25.4 Å². The number of halogens is 1. The molecule has 1 unspecified atom stereocenters. The SMILES string of the molecule is COc1ccc(NC(C)c2cccc(F)c2)cn1. The summed E-state index contributed by atoms with van der Waals surface area (Å²) in [6.45, 7) is 1.97. The highest BCUT2D eigenvalue weighted by molar-refractivity contribution is 5.44. The highest BCUT2D eigenvalue weighted by Crippen LogP contribution is 2.20. The van der Waals surface area contributed by atoms with Gasteiger partial charge in [0, 0.05) is 12.1 Å². The smallest absolute Gasteiger partial charge is 0.213 e. The first kappa shape index (κ1) is 12.4. The number of methoxy groups -OCH3 is 1. The third-order valence-electron chi connectivity index (χ3n) is 2.68. The van der Waals surface area contributed by atoms with Gasteiger partial charge in [0.2, 0.25) is 5.88 Å². The van der Waals surface area contributed by atoms with Gasteiger partial charge in [0.25, 0.3) is 0 Å². The van der Waals surface area contributed by atoms with Crippen LogP contribution in [0.3, 0.4) is 0 Å². The first-order chi connectivity index (χ1) is 8.69. The summed E-state index contributed by atoms with van der Waals surface area (Å²) in [5.41, 5.74) is 1.76. The minimum atomic E-state index is -0.228. The van der Waals surface area contributed by atoms with Crippen molar-refractivity contribution in [1.82, 2.24) is 4.98 Å². The summed E-state index contributed by atoms with van der Waals surface area (Å²) in [6, 6.07) is 10.2. The van der Waals surface area contributed by atoms with Crippen molar-refractivity contribution >= 4 is 5.69 Å². The van der Waals surface area contributed by atoms with Gasteiger partial charge < -0.3 is 10.1 Å². The minimum absolute atomic E-state index is 0.0101. The fourth-order valence-corrected chi connectivity index (χ4v) is 1.70. The molecule has 1 aromatic carbocycles. The maximum atomic E-state index is 13.1. The van der Waals surface area contributed by atoms with Crippen molar-refractivity contribution in [2.75, 3.05) is 12.4 Å². The Hall–Kier alpha value is -2.10. The third-order valence-corrected chi connectivity index (χ3v) is 2.68. The van der Waals surface area contributed by atoms with E-state index in [-0.39, 0.29) is 11.9 Å². The third kappa shape index (κ3) is 2.97. The fraction of sp³-hybridized carbons (Fsp3) is 0.214. The number of hydrogen-bond acceptors (Lipinski definition) is 3. The molecule has 0 aliphatic heterocycles. The van der Waals surface area contributed by atoms with Gasteiger partial charge in [-0.15, -0.1) is 0 Å². The van der Waals surface area contributed by atoms with Gasteiger partial charge in [0.05, 0.1) is 19.0 Å². The van der Waals surface area contributed by atoms with Crippen molar-refractivity contribution in [3.05, 3.63) is 54.0 Å². The number of rotatable bonds is 4. The van der Waals surface area contributed by atoms with Crippen LogP contribution in [-0.4, -0.2) is 12.1 Å². The monoisotopic (exact) mass is 246 g/mol. The van der Waals surface area contributed by atoms with Crippen LogP contribution >= 0.6 is 0 Å². The Bertz CT molecular complexity index is 513. The van der Waals surface area contributed by atoms with Gasteiger partial charge >= 0.3 is 0 Å². The molecule has 2 aromatic rings. The molecular formula is C14H15FN2O. The van der Waals surface area contributed by atoms with Crippen LogP contribution in [0.4, 0.5) is 10.1 Å². The molecule has 2 rings (SSSR count). The average molecular weight is 246 g/mol. The minimum Gasteiger partial charge on any atom is -0.481 e. The molecule has 1 aromatic heterocycles. The van der Waals surface area contributed by atoms with Crippen LogP contribution in [0.2, 0.25) is 0 Å². The average Bonchev–Trinajstić information content (AvgIpc) is 2.39. The quantitative estimate of drug-likeness (QED) is 0.897. The lowest BCUT2D eigenvalue weighted by molar-refractivity contribution is 0.398. The molecule has 3 nitrogen and oxygen atoms in total. The van der Waals surface area contributed by atoms with E-state index in [1.165, 1.54) is 12.1 Å². The number of benzene rings is 1. The largest absolute Gasteiger partial charge is 0.481 e. The molecule has 0 radical (unpaired) electrons. The summed E-state index contributed by atoms with van der Waals surface area (Å²) in [6.07, 6.45) is 1.69. The van der Waals surface area contributed by atoms with Gasteiger partial charge in [0.15, 0.2) is 0 Å². The molecule has 1 N–H and O–H groups in total. The zero-order valence-corrected chi connectivity index (χ0v) is 10.4. The number of ether oxygens (including phenoxy) is 1. The molecule has 0 aliphatic carbocycles. The Morgan fingerprint density at radius 1 is 1.28 bits per heavy atom. The van der Waals surface area contributed by atoms with Gasteiger partial charge in [-0.2, -0.15) is 0 Å². The summed E-state index contributed by atoms with van der Waals surface area (Å²) in [5, 5.41) is 3.25. The second-order valence-corrected chi connectivity index (χ2v) is 4.01. The van der Waals surface area contributed by atoms with Crippen LogP contribution in [-0.2, 0) is 0 Å². The lowest BCUT2D eigenvalue weighted by atomic mass is 10.1. The van der Waals surface area contributed by atoms with E-state index in [0.717, 1.165) is 11.3 Å². The van der Waals surface area contributed by atoms with Gasteiger partial charge in [-0.1, -0.05) is 12.1 Å². The van der Waals surface area contributed by atoms with E-state index in [4.69, 9.17) is 4.74 Å². The number of hydrogen-bond donors (Lipinski definition) is 1. The molecule has 94 valence electrons. The Kier molecular flexibility index (Phi) is 3.77. The maximum absolute atomic E-state index is 13.1. The topological polar surface area (TPSA) is 34.1 Å². The number of aromatic nitrogens is 1. The van der Waals surface area contributed by atoms with Crippen LogP contribution in [0.15, 0.2) is 42.6 Å². The molecular weight excluding hydrogens is 231 g/mol. The number of nitrogens with zero attached hydrogens (tertiary/aromatic N) is 1. The van der Waals surface area contributed by atoms with E-state index < -0.39 is 0 Å². The Balaban J connectivity index is 2.08. The van der Waals surface area contributed by atoms with E-state index >= 15 is 0 Å². The second kappa shape index (κ2) is 5.49. The number of pyridine rings is 1. The van der Waals surface area contributed by atoms with Gasteiger partial charge in [-0.25, -0.2) is 9.37 Å². The zero-order valence-electron chi connectivity index (χ0n) is 10.4. The Morgan fingerprint density at radius 3 is 2.72 bits per heavy atom. The molecule has 0 saturated carbocycles. The van der Waals surface area contributed by atoms with Crippen LogP contribution in [0, 0.1) is 5.82 Å². The van der Waals surface area contributed by atoms with Gasteiger partial charge in [-0.05, 0) is 30.7 Å². The normalized spacial score (nSPS) is 11.9. The van der Waals surface area contributed by atoms with Crippen molar-refractivity contribution in [1.29, 1.82) is 0 Å². The molecule has 0 bridgehead atoms. The molecule has 0 saturated heterocycles. The molecule has 0 fully saturated rings. The fourth-order valence-electron chi connectivity index (χ4n) is 1.70. The molecule has 1 atom stereocenters. The predicted octanol–water partition coefficient (Wildman–Crippen LogP) is 3.40. The lowest BCUT2D eigenvalue weighted by Gasteiger charge is -2.15. The second-order valence-electron chi connectivity index (χ2n) is 4.01. The summed E-state index contributed by atoms with van der Waals surface area (Å²) >= 11 is 0. The highest BCUT2D eigenvalue weighted by Gasteiger charge is 2.06. The predicted molar refractivity (Wildman–Crippen MR) is 69.2 cm³/mol. The molecule has 18 heavy (non-hydrogen) atoms. The molecule has 0 spiro atoms. The van der Waals surface area contributed by atoms with Crippen LogP contribution in [0.5, 0.6) is 5.88 Å². The first-order valence-corrected chi connectivity index (χ1v) is 5.71. The van der Waals surface area contributed by atoms with E-state index in [0.29, 0.717) is 5.88 Å². The lowest BCUT2D eigenvalue weighted by Crippen LogP contribution is -2.07. The first-order valence-electron chi connectivity index (χ1n) is 5.71.